The summed E-state index contributed by atoms with van der Waals surface area (Å²) < 4.78 is 5.44. The van der Waals surface area contributed by atoms with E-state index in [1.54, 1.807) is 18.4 Å². The van der Waals surface area contributed by atoms with Crippen LogP contribution in [-0.4, -0.2) is 19.7 Å². The van der Waals surface area contributed by atoms with Crippen LogP contribution in [0.4, 0.5) is 10.5 Å². The van der Waals surface area contributed by atoms with Crippen molar-refractivity contribution >= 4 is 23.1 Å². The van der Waals surface area contributed by atoms with E-state index in [-0.39, 0.29) is 12.1 Å². The first-order valence-electron chi connectivity index (χ1n) is 6.79. The molecule has 0 saturated heterocycles. The molecule has 0 spiro atoms. The third-order valence-electron chi connectivity index (χ3n) is 3.09. The second-order valence-electron chi connectivity index (χ2n) is 4.88. The van der Waals surface area contributed by atoms with Gasteiger partial charge in [0.05, 0.1) is 6.54 Å². The molecule has 0 saturated carbocycles. The molecule has 1 aromatic carbocycles. The van der Waals surface area contributed by atoms with Crippen molar-refractivity contribution in [2.24, 2.45) is 0 Å². The number of hydrogen-bond acceptors (Lipinski definition) is 3. The molecule has 1 unspecified atom stereocenters. The number of carbonyl (C=O) groups is 1. The number of urea groups is 1. The SMILES string of the molecule is COC(CNC(=O)Nc1cccc(C)c1)c1ccc(C)s1. The molecule has 2 rings (SSSR count). The number of thiophene rings is 1. The van der Waals surface area contributed by atoms with E-state index in [0.717, 1.165) is 16.1 Å². The molecule has 4 nitrogen and oxygen atoms in total. The molecule has 2 amide bonds. The largest absolute Gasteiger partial charge is 0.374 e. The number of rotatable bonds is 5. The van der Waals surface area contributed by atoms with Gasteiger partial charge in [-0.1, -0.05) is 12.1 Å². The average Bonchev–Trinajstić information content (AvgIpc) is 2.86. The number of benzene rings is 1. The molecule has 0 aliphatic rings. The van der Waals surface area contributed by atoms with Crippen molar-refractivity contribution in [3.05, 3.63) is 51.7 Å². The highest BCUT2D eigenvalue weighted by atomic mass is 32.1. The maximum absolute atomic E-state index is 11.9. The molecule has 5 heteroatoms. The van der Waals surface area contributed by atoms with Gasteiger partial charge in [-0.05, 0) is 43.7 Å². The van der Waals surface area contributed by atoms with Gasteiger partial charge in [0.25, 0.3) is 0 Å². The summed E-state index contributed by atoms with van der Waals surface area (Å²) >= 11 is 1.68. The van der Waals surface area contributed by atoms with Gasteiger partial charge in [-0.2, -0.15) is 0 Å². The second-order valence-corrected chi connectivity index (χ2v) is 6.20. The lowest BCUT2D eigenvalue weighted by Crippen LogP contribution is -2.32. The Morgan fingerprint density at radius 2 is 2.10 bits per heavy atom. The Kier molecular flexibility index (Phi) is 5.36. The zero-order chi connectivity index (χ0) is 15.2. The number of methoxy groups -OCH3 is 1. The summed E-state index contributed by atoms with van der Waals surface area (Å²) in [4.78, 5) is 14.3. The lowest BCUT2D eigenvalue weighted by atomic mass is 10.2. The molecular weight excluding hydrogens is 284 g/mol. The number of carbonyl (C=O) groups excluding carboxylic acids is 1. The topological polar surface area (TPSA) is 50.4 Å². The summed E-state index contributed by atoms with van der Waals surface area (Å²) in [6.45, 7) is 4.48. The van der Waals surface area contributed by atoms with E-state index in [0.29, 0.717) is 6.54 Å². The van der Waals surface area contributed by atoms with Crippen LogP contribution in [0.15, 0.2) is 36.4 Å². The van der Waals surface area contributed by atoms with Gasteiger partial charge >= 0.3 is 6.03 Å². The van der Waals surface area contributed by atoms with Gasteiger partial charge in [-0.25, -0.2) is 4.79 Å². The number of nitrogens with one attached hydrogen (secondary N) is 2. The van der Waals surface area contributed by atoms with Crippen LogP contribution in [0.2, 0.25) is 0 Å². The van der Waals surface area contributed by atoms with Crippen LogP contribution in [0.5, 0.6) is 0 Å². The molecule has 2 aromatic rings. The van der Waals surface area contributed by atoms with Crippen LogP contribution in [0.25, 0.3) is 0 Å². The predicted octanol–water partition coefficient (Wildman–Crippen LogP) is 3.87. The van der Waals surface area contributed by atoms with E-state index in [4.69, 9.17) is 4.74 Å². The molecule has 0 aliphatic carbocycles. The van der Waals surface area contributed by atoms with Gasteiger partial charge in [0.2, 0.25) is 0 Å². The first kappa shape index (κ1) is 15.5. The quantitative estimate of drug-likeness (QED) is 0.881. The van der Waals surface area contributed by atoms with Gasteiger partial charge in [-0.3, -0.25) is 0 Å². The maximum Gasteiger partial charge on any atom is 0.319 e. The summed E-state index contributed by atoms with van der Waals surface area (Å²) in [6.07, 6.45) is -0.119. The molecular formula is C16H20N2O2S. The van der Waals surface area contributed by atoms with Crippen LogP contribution in [0.1, 0.15) is 21.4 Å². The fraction of sp³-hybridized carbons (Fsp3) is 0.312. The zero-order valence-electron chi connectivity index (χ0n) is 12.5. The van der Waals surface area contributed by atoms with E-state index in [1.165, 1.54) is 4.88 Å². The fourth-order valence-corrected chi connectivity index (χ4v) is 2.97. The van der Waals surface area contributed by atoms with Crippen molar-refractivity contribution in [3.63, 3.8) is 0 Å². The average molecular weight is 304 g/mol. The number of ether oxygens (including phenoxy) is 1. The second kappa shape index (κ2) is 7.24. The lowest BCUT2D eigenvalue weighted by Gasteiger charge is -2.15. The van der Waals surface area contributed by atoms with Gasteiger partial charge in [0.1, 0.15) is 6.10 Å². The predicted molar refractivity (Wildman–Crippen MR) is 87.0 cm³/mol. The van der Waals surface area contributed by atoms with E-state index in [9.17, 15) is 4.79 Å². The van der Waals surface area contributed by atoms with Crippen LogP contribution < -0.4 is 10.6 Å². The van der Waals surface area contributed by atoms with Gasteiger partial charge in [-0.15, -0.1) is 11.3 Å². The van der Waals surface area contributed by atoms with Gasteiger partial charge in [0.15, 0.2) is 0 Å². The minimum absolute atomic E-state index is 0.119. The molecule has 112 valence electrons. The first-order valence-corrected chi connectivity index (χ1v) is 7.61. The van der Waals surface area contributed by atoms with Gasteiger partial charge in [0, 0.05) is 22.6 Å². The number of amides is 2. The first-order chi connectivity index (χ1) is 10.1. The van der Waals surface area contributed by atoms with Crippen molar-refractivity contribution in [1.82, 2.24) is 5.32 Å². The molecule has 2 N–H and O–H groups in total. The fourth-order valence-electron chi connectivity index (χ4n) is 2.01. The van der Waals surface area contributed by atoms with Crippen molar-refractivity contribution in [3.8, 4) is 0 Å². The molecule has 0 bridgehead atoms. The van der Waals surface area contributed by atoms with Crippen molar-refractivity contribution in [2.75, 3.05) is 19.0 Å². The molecule has 0 aliphatic heterocycles. The Hall–Kier alpha value is -1.85. The monoisotopic (exact) mass is 304 g/mol. The molecule has 0 fully saturated rings. The van der Waals surface area contributed by atoms with E-state index in [2.05, 4.69) is 23.6 Å². The van der Waals surface area contributed by atoms with Crippen molar-refractivity contribution < 1.29 is 9.53 Å². The minimum atomic E-state index is -0.226. The third kappa shape index (κ3) is 4.58. The van der Waals surface area contributed by atoms with Crippen LogP contribution in [0.3, 0.4) is 0 Å². The third-order valence-corrected chi connectivity index (χ3v) is 4.18. The summed E-state index contributed by atoms with van der Waals surface area (Å²) in [7, 11) is 1.65. The number of aryl methyl sites for hydroxylation is 2. The number of anilines is 1. The summed E-state index contributed by atoms with van der Waals surface area (Å²) in [5.41, 5.74) is 1.89. The maximum atomic E-state index is 11.9. The Morgan fingerprint density at radius 3 is 2.71 bits per heavy atom. The summed E-state index contributed by atoms with van der Waals surface area (Å²) in [5.74, 6) is 0. The minimum Gasteiger partial charge on any atom is -0.374 e. The zero-order valence-corrected chi connectivity index (χ0v) is 13.3. The number of hydrogen-bond donors (Lipinski definition) is 2. The molecule has 1 heterocycles. The Balaban J connectivity index is 1.88. The normalized spacial score (nSPS) is 12.0. The van der Waals surface area contributed by atoms with Crippen molar-refractivity contribution in [1.29, 1.82) is 0 Å². The van der Waals surface area contributed by atoms with E-state index in [1.807, 2.05) is 37.3 Å². The lowest BCUT2D eigenvalue weighted by molar-refractivity contribution is 0.107. The van der Waals surface area contributed by atoms with Crippen LogP contribution in [-0.2, 0) is 4.74 Å². The molecule has 1 atom stereocenters. The van der Waals surface area contributed by atoms with Gasteiger partial charge < -0.3 is 15.4 Å². The Bertz CT molecular complexity index is 610. The summed E-state index contributed by atoms with van der Waals surface area (Å²) in [5, 5.41) is 5.66. The molecule has 0 radical (unpaired) electrons. The van der Waals surface area contributed by atoms with Crippen molar-refractivity contribution in [2.45, 2.75) is 20.0 Å². The Labute approximate surface area is 129 Å². The van der Waals surface area contributed by atoms with E-state index < -0.39 is 0 Å². The van der Waals surface area contributed by atoms with Crippen LogP contribution in [0, 0.1) is 13.8 Å². The van der Waals surface area contributed by atoms with Crippen LogP contribution >= 0.6 is 11.3 Å². The summed E-state index contributed by atoms with van der Waals surface area (Å²) in [6, 6.07) is 11.6. The smallest absolute Gasteiger partial charge is 0.319 e. The molecule has 1 aromatic heterocycles. The highest BCUT2D eigenvalue weighted by molar-refractivity contribution is 7.12. The standard InChI is InChI=1S/C16H20N2O2S/c1-11-5-4-6-13(9-11)18-16(19)17-10-14(20-3)15-8-7-12(2)21-15/h4-9,14H,10H2,1-3H3,(H2,17,18,19). The van der Waals surface area contributed by atoms with E-state index >= 15 is 0 Å². The Morgan fingerprint density at radius 1 is 1.29 bits per heavy atom. The molecule has 21 heavy (non-hydrogen) atoms. The highest BCUT2D eigenvalue weighted by Gasteiger charge is 2.13. The highest BCUT2D eigenvalue weighted by Crippen LogP contribution is 2.24.